The third kappa shape index (κ3) is 5.63. The SMILES string of the molecule is C=CCNC(=NC)NCc1cc(OC)c(OC)cc1OC.I. The minimum absolute atomic E-state index is 0. The van der Waals surface area contributed by atoms with E-state index in [0.717, 1.165) is 11.3 Å². The molecule has 0 aliphatic rings. The highest BCUT2D eigenvalue weighted by molar-refractivity contribution is 14.0. The van der Waals surface area contributed by atoms with Crippen LogP contribution in [0.2, 0.25) is 0 Å². The predicted molar refractivity (Wildman–Crippen MR) is 99.9 cm³/mol. The minimum atomic E-state index is 0. The highest BCUT2D eigenvalue weighted by Gasteiger charge is 2.12. The van der Waals surface area contributed by atoms with Gasteiger partial charge in [-0.2, -0.15) is 0 Å². The number of rotatable bonds is 7. The molecule has 0 fully saturated rings. The molecule has 0 heterocycles. The first-order chi connectivity index (χ1) is 10.2. The summed E-state index contributed by atoms with van der Waals surface area (Å²) in [6.45, 7) is 4.84. The maximum atomic E-state index is 5.38. The Morgan fingerprint density at radius 1 is 1.09 bits per heavy atom. The first kappa shape index (κ1) is 20.4. The van der Waals surface area contributed by atoms with Gasteiger partial charge in [-0.3, -0.25) is 4.99 Å². The molecule has 124 valence electrons. The van der Waals surface area contributed by atoms with Crippen molar-refractivity contribution in [1.82, 2.24) is 10.6 Å². The van der Waals surface area contributed by atoms with E-state index in [9.17, 15) is 0 Å². The topological polar surface area (TPSA) is 64.1 Å². The Bertz CT molecular complexity index is 507. The lowest BCUT2D eigenvalue weighted by molar-refractivity contribution is 0.347. The molecule has 0 amide bonds. The summed E-state index contributed by atoms with van der Waals surface area (Å²) in [7, 11) is 6.53. The van der Waals surface area contributed by atoms with Crippen molar-refractivity contribution in [3.8, 4) is 17.2 Å². The van der Waals surface area contributed by atoms with Gasteiger partial charge in [0.05, 0.1) is 21.3 Å². The van der Waals surface area contributed by atoms with Crippen molar-refractivity contribution in [2.24, 2.45) is 4.99 Å². The lowest BCUT2D eigenvalue weighted by Gasteiger charge is -2.16. The molecule has 1 aromatic rings. The second kappa shape index (κ2) is 11.0. The zero-order valence-corrected chi connectivity index (χ0v) is 15.8. The van der Waals surface area contributed by atoms with Gasteiger partial charge in [-0.25, -0.2) is 0 Å². The number of hydrogen-bond donors (Lipinski definition) is 2. The summed E-state index contributed by atoms with van der Waals surface area (Å²) in [4.78, 5) is 4.12. The molecule has 0 atom stereocenters. The molecular formula is C15H24IN3O3. The Labute approximate surface area is 149 Å². The summed E-state index contributed by atoms with van der Waals surface area (Å²) in [5.41, 5.74) is 0.941. The van der Waals surface area contributed by atoms with Crippen LogP contribution in [-0.2, 0) is 6.54 Å². The van der Waals surface area contributed by atoms with E-state index in [1.54, 1.807) is 40.5 Å². The van der Waals surface area contributed by atoms with Gasteiger partial charge < -0.3 is 24.8 Å². The summed E-state index contributed by atoms with van der Waals surface area (Å²) in [6, 6.07) is 3.68. The van der Waals surface area contributed by atoms with E-state index in [0.29, 0.717) is 30.5 Å². The Balaban J connectivity index is 0.00000441. The molecule has 0 aliphatic heterocycles. The van der Waals surface area contributed by atoms with Crippen LogP contribution in [0.1, 0.15) is 5.56 Å². The van der Waals surface area contributed by atoms with E-state index < -0.39 is 0 Å². The van der Waals surface area contributed by atoms with Crippen molar-refractivity contribution >= 4 is 29.9 Å². The van der Waals surface area contributed by atoms with Crippen LogP contribution in [-0.4, -0.2) is 40.9 Å². The monoisotopic (exact) mass is 421 g/mol. The van der Waals surface area contributed by atoms with Crippen LogP contribution in [0, 0.1) is 0 Å². The number of benzene rings is 1. The van der Waals surface area contributed by atoms with Crippen LogP contribution in [0.3, 0.4) is 0 Å². The van der Waals surface area contributed by atoms with Crippen LogP contribution < -0.4 is 24.8 Å². The van der Waals surface area contributed by atoms with E-state index >= 15 is 0 Å². The van der Waals surface area contributed by atoms with E-state index in [2.05, 4.69) is 22.2 Å². The van der Waals surface area contributed by atoms with Gasteiger partial charge in [-0.1, -0.05) is 6.08 Å². The Morgan fingerprint density at radius 2 is 1.68 bits per heavy atom. The molecule has 1 rings (SSSR count). The zero-order chi connectivity index (χ0) is 15.7. The molecule has 2 N–H and O–H groups in total. The largest absolute Gasteiger partial charge is 0.496 e. The smallest absolute Gasteiger partial charge is 0.191 e. The summed E-state index contributed by atoms with van der Waals surface area (Å²) in [6.07, 6.45) is 1.77. The summed E-state index contributed by atoms with van der Waals surface area (Å²) < 4.78 is 16.0. The van der Waals surface area contributed by atoms with Gasteiger partial charge in [-0.05, 0) is 6.07 Å². The molecule has 0 saturated carbocycles. The van der Waals surface area contributed by atoms with E-state index in [-0.39, 0.29) is 24.0 Å². The van der Waals surface area contributed by atoms with Crippen LogP contribution in [0.5, 0.6) is 17.2 Å². The maximum absolute atomic E-state index is 5.38. The number of nitrogens with one attached hydrogen (secondary N) is 2. The molecular weight excluding hydrogens is 397 g/mol. The van der Waals surface area contributed by atoms with E-state index in [4.69, 9.17) is 14.2 Å². The van der Waals surface area contributed by atoms with E-state index in [1.807, 2.05) is 6.07 Å². The quantitative estimate of drug-likeness (QED) is 0.306. The average Bonchev–Trinajstić information content (AvgIpc) is 2.54. The number of ether oxygens (including phenoxy) is 3. The second-order valence-corrected chi connectivity index (χ2v) is 4.11. The maximum Gasteiger partial charge on any atom is 0.191 e. The normalized spacial score (nSPS) is 10.3. The fourth-order valence-electron chi connectivity index (χ4n) is 1.80. The highest BCUT2D eigenvalue weighted by atomic mass is 127. The van der Waals surface area contributed by atoms with Crippen molar-refractivity contribution in [1.29, 1.82) is 0 Å². The molecule has 1 aromatic carbocycles. The van der Waals surface area contributed by atoms with Gasteiger partial charge in [0, 0.05) is 31.8 Å². The molecule has 0 aromatic heterocycles. The molecule has 0 radical (unpaired) electrons. The fourth-order valence-corrected chi connectivity index (χ4v) is 1.80. The van der Waals surface area contributed by atoms with Crippen LogP contribution >= 0.6 is 24.0 Å². The van der Waals surface area contributed by atoms with Gasteiger partial charge in [-0.15, -0.1) is 30.6 Å². The van der Waals surface area contributed by atoms with Crippen molar-refractivity contribution in [2.45, 2.75) is 6.54 Å². The van der Waals surface area contributed by atoms with Gasteiger partial charge >= 0.3 is 0 Å². The third-order valence-electron chi connectivity index (χ3n) is 2.87. The van der Waals surface area contributed by atoms with Crippen molar-refractivity contribution in [2.75, 3.05) is 34.9 Å². The number of guanidine groups is 1. The predicted octanol–water partition coefficient (Wildman–Crippen LogP) is 2.18. The summed E-state index contributed by atoms with van der Waals surface area (Å²) >= 11 is 0. The Hall–Kier alpha value is -1.64. The van der Waals surface area contributed by atoms with Crippen molar-refractivity contribution in [3.05, 3.63) is 30.4 Å². The molecule has 7 heteroatoms. The molecule has 0 unspecified atom stereocenters. The Morgan fingerprint density at radius 3 is 2.18 bits per heavy atom. The van der Waals surface area contributed by atoms with E-state index in [1.165, 1.54) is 0 Å². The highest BCUT2D eigenvalue weighted by Crippen LogP contribution is 2.34. The van der Waals surface area contributed by atoms with Gasteiger partial charge in [0.25, 0.3) is 0 Å². The average molecular weight is 421 g/mol. The number of halogens is 1. The molecule has 6 nitrogen and oxygen atoms in total. The molecule has 22 heavy (non-hydrogen) atoms. The minimum Gasteiger partial charge on any atom is -0.496 e. The second-order valence-electron chi connectivity index (χ2n) is 4.11. The zero-order valence-electron chi connectivity index (χ0n) is 13.4. The van der Waals surface area contributed by atoms with Crippen LogP contribution in [0.15, 0.2) is 29.8 Å². The summed E-state index contributed by atoms with van der Waals surface area (Å²) in [5.74, 6) is 2.70. The van der Waals surface area contributed by atoms with Gasteiger partial charge in [0.1, 0.15) is 5.75 Å². The van der Waals surface area contributed by atoms with Crippen molar-refractivity contribution < 1.29 is 14.2 Å². The number of aliphatic imine (C=N–C) groups is 1. The van der Waals surface area contributed by atoms with Gasteiger partial charge in [0.2, 0.25) is 0 Å². The lowest BCUT2D eigenvalue weighted by atomic mass is 10.1. The lowest BCUT2D eigenvalue weighted by Crippen LogP contribution is -2.36. The third-order valence-corrected chi connectivity index (χ3v) is 2.87. The van der Waals surface area contributed by atoms with Crippen LogP contribution in [0.4, 0.5) is 0 Å². The van der Waals surface area contributed by atoms with Crippen LogP contribution in [0.25, 0.3) is 0 Å². The Kier molecular flexibility index (Phi) is 10.2. The number of hydrogen-bond acceptors (Lipinski definition) is 4. The molecule has 0 bridgehead atoms. The van der Waals surface area contributed by atoms with Gasteiger partial charge in [0.15, 0.2) is 17.5 Å². The molecule has 0 saturated heterocycles. The standard InChI is InChI=1S/C15H23N3O3.HI/c1-6-7-17-15(16-2)18-10-11-8-13(20-4)14(21-5)9-12(11)19-3;/h6,8-9H,1,7,10H2,2-5H3,(H2,16,17,18);1H. The van der Waals surface area contributed by atoms with Crippen molar-refractivity contribution in [3.63, 3.8) is 0 Å². The fraction of sp³-hybridized carbons (Fsp3) is 0.400. The number of methoxy groups -OCH3 is 3. The molecule has 0 aliphatic carbocycles. The first-order valence-corrected chi connectivity index (χ1v) is 6.54. The summed E-state index contributed by atoms with van der Waals surface area (Å²) in [5, 5.41) is 6.30. The first-order valence-electron chi connectivity index (χ1n) is 6.54. The molecule has 0 spiro atoms. The number of nitrogens with zero attached hydrogens (tertiary/aromatic N) is 1.